The van der Waals surface area contributed by atoms with Gasteiger partial charge < -0.3 is 9.64 Å². The molecule has 0 aliphatic carbocycles. The summed E-state index contributed by atoms with van der Waals surface area (Å²) in [6, 6.07) is 15.4. The highest BCUT2D eigenvalue weighted by Gasteiger charge is 2.60. The van der Waals surface area contributed by atoms with Crippen molar-refractivity contribution in [1.82, 2.24) is 4.90 Å². The van der Waals surface area contributed by atoms with Crippen molar-refractivity contribution in [1.29, 1.82) is 0 Å². The predicted octanol–water partition coefficient (Wildman–Crippen LogP) is 2.17. The number of amides is 1. The second-order valence-corrected chi connectivity index (χ2v) is 5.68. The maximum absolute atomic E-state index is 12.8. The Morgan fingerprint density at radius 1 is 1.18 bits per heavy atom. The highest BCUT2D eigenvalue weighted by Crippen LogP contribution is 2.55. The maximum atomic E-state index is 12.8. The lowest BCUT2D eigenvalue weighted by molar-refractivity contribution is -0.157. The summed E-state index contributed by atoms with van der Waals surface area (Å²) in [5.41, 5.74) is 2.65. The number of rotatable bonds is 2. The van der Waals surface area contributed by atoms with Crippen LogP contribution in [0.3, 0.4) is 0 Å². The smallest absolute Gasteiger partial charge is 0.341 e. The summed E-state index contributed by atoms with van der Waals surface area (Å²) >= 11 is 0. The van der Waals surface area contributed by atoms with Crippen molar-refractivity contribution in [3.63, 3.8) is 0 Å². The molecule has 4 heteroatoms. The van der Waals surface area contributed by atoms with E-state index in [1.54, 1.807) is 4.90 Å². The predicted molar refractivity (Wildman–Crippen MR) is 80.0 cm³/mol. The van der Waals surface area contributed by atoms with Crippen LogP contribution in [0.1, 0.15) is 28.3 Å². The normalized spacial score (nSPS) is 24.4. The third-order valence-corrected chi connectivity index (χ3v) is 4.85. The molecule has 2 aliphatic heterocycles. The first-order valence-electron chi connectivity index (χ1n) is 7.25. The number of ether oxygens (including phenoxy) is 1. The van der Waals surface area contributed by atoms with Gasteiger partial charge in [0.1, 0.15) is 0 Å². The summed E-state index contributed by atoms with van der Waals surface area (Å²) < 4.78 is 5.12. The Balaban J connectivity index is 2.13. The van der Waals surface area contributed by atoms with Crippen molar-refractivity contribution in [3.05, 3.63) is 70.8 Å². The van der Waals surface area contributed by atoms with Crippen LogP contribution in [0, 0.1) is 0 Å². The van der Waals surface area contributed by atoms with E-state index in [1.807, 2.05) is 48.5 Å². The number of methoxy groups -OCH3 is 1. The Morgan fingerprint density at radius 2 is 1.86 bits per heavy atom. The van der Waals surface area contributed by atoms with Gasteiger partial charge in [0.15, 0.2) is 5.54 Å². The van der Waals surface area contributed by atoms with Gasteiger partial charge in [0.25, 0.3) is 0 Å². The molecule has 2 unspecified atom stereocenters. The molecule has 2 aliphatic rings. The van der Waals surface area contributed by atoms with Gasteiger partial charge in [0, 0.05) is 0 Å². The molecule has 0 saturated carbocycles. The van der Waals surface area contributed by atoms with Crippen molar-refractivity contribution in [2.75, 3.05) is 7.11 Å². The Hall–Kier alpha value is -2.62. The fourth-order valence-corrected chi connectivity index (χ4v) is 4.02. The fraction of sp³-hybridized carbons (Fsp3) is 0.222. The van der Waals surface area contributed by atoms with E-state index in [-0.39, 0.29) is 6.04 Å². The summed E-state index contributed by atoms with van der Waals surface area (Å²) in [5.74, 6) is -0.415. The number of hydrogen-bond acceptors (Lipinski definition) is 3. The molecule has 2 bridgehead atoms. The van der Waals surface area contributed by atoms with E-state index in [0.717, 1.165) is 28.7 Å². The molecule has 0 saturated heterocycles. The molecule has 22 heavy (non-hydrogen) atoms. The number of carbonyl (C=O) groups is 2. The molecule has 0 N–H and O–H groups in total. The van der Waals surface area contributed by atoms with Gasteiger partial charge in [-0.15, -0.1) is 0 Å². The summed E-state index contributed by atoms with van der Waals surface area (Å²) in [6.45, 7) is 0. The molecule has 2 heterocycles. The lowest BCUT2D eigenvalue weighted by Crippen LogP contribution is -2.52. The van der Waals surface area contributed by atoms with Crippen LogP contribution >= 0.6 is 0 Å². The van der Waals surface area contributed by atoms with Crippen molar-refractivity contribution >= 4 is 12.4 Å². The average Bonchev–Trinajstić information content (AvgIpc) is 2.78. The van der Waals surface area contributed by atoms with Gasteiger partial charge in [-0.05, 0) is 28.7 Å². The molecule has 0 radical (unpaired) electrons. The molecule has 0 spiro atoms. The van der Waals surface area contributed by atoms with E-state index >= 15 is 0 Å². The van der Waals surface area contributed by atoms with Gasteiger partial charge in [-0.2, -0.15) is 0 Å². The molecule has 4 nitrogen and oxygen atoms in total. The molecule has 2 atom stereocenters. The quantitative estimate of drug-likeness (QED) is 0.630. The van der Waals surface area contributed by atoms with Crippen LogP contribution in [0.25, 0.3) is 0 Å². The second-order valence-electron chi connectivity index (χ2n) is 5.68. The SMILES string of the molecule is COC(=O)C12c3ccccc3CC(c3ccccc31)N2C=O. The van der Waals surface area contributed by atoms with Gasteiger partial charge in [-0.25, -0.2) is 4.79 Å². The monoisotopic (exact) mass is 293 g/mol. The highest BCUT2D eigenvalue weighted by atomic mass is 16.5. The van der Waals surface area contributed by atoms with Crippen LogP contribution in [0.2, 0.25) is 0 Å². The number of fused-ring (bicyclic) bond motifs is 7. The van der Waals surface area contributed by atoms with Crippen molar-refractivity contribution in [2.24, 2.45) is 0 Å². The van der Waals surface area contributed by atoms with E-state index in [2.05, 4.69) is 0 Å². The minimum atomic E-state index is -1.16. The number of carbonyl (C=O) groups excluding carboxylic acids is 2. The Labute approximate surface area is 128 Å². The van der Waals surface area contributed by atoms with Gasteiger partial charge >= 0.3 is 5.97 Å². The standard InChI is InChI=1S/C18H15NO3/c1-22-17(21)18-14-8-4-2-6-12(14)10-16(19(18)11-20)13-7-3-5-9-15(13)18/h2-9,11,16H,10H2,1H3. The summed E-state index contributed by atoms with van der Waals surface area (Å²) in [4.78, 5) is 26.3. The Morgan fingerprint density at radius 3 is 2.59 bits per heavy atom. The zero-order valence-electron chi connectivity index (χ0n) is 12.2. The molecule has 1 amide bonds. The topological polar surface area (TPSA) is 46.6 Å². The van der Waals surface area contributed by atoms with Gasteiger partial charge in [-0.3, -0.25) is 4.79 Å². The minimum Gasteiger partial charge on any atom is -0.467 e. The number of nitrogens with zero attached hydrogens (tertiary/aromatic N) is 1. The van der Waals surface area contributed by atoms with Crippen molar-refractivity contribution in [3.8, 4) is 0 Å². The van der Waals surface area contributed by atoms with Gasteiger partial charge in [0.2, 0.25) is 6.41 Å². The molecular weight excluding hydrogens is 278 g/mol. The van der Waals surface area contributed by atoms with E-state index in [0.29, 0.717) is 6.42 Å². The largest absolute Gasteiger partial charge is 0.467 e. The van der Waals surface area contributed by atoms with E-state index < -0.39 is 11.5 Å². The third kappa shape index (κ3) is 1.32. The Kier molecular flexibility index (Phi) is 2.64. The fourth-order valence-electron chi connectivity index (χ4n) is 4.02. The number of hydrogen-bond donors (Lipinski definition) is 0. The van der Waals surface area contributed by atoms with E-state index in [4.69, 9.17) is 4.74 Å². The molecule has 110 valence electrons. The zero-order chi connectivity index (χ0) is 15.3. The molecule has 4 rings (SSSR count). The molecule has 0 fully saturated rings. The van der Waals surface area contributed by atoms with Crippen molar-refractivity contribution in [2.45, 2.75) is 18.0 Å². The van der Waals surface area contributed by atoms with Crippen LogP contribution in [0.5, 0.6) is 0 Å². The first kappa shape index (κ1) is 13.1. The zero-order valence-corrected chi connectivity index (χ0v) is 12.2. The van der Waals surface area contributed by atoms with Gasteiger partial charge in [0.05, 0.1) is 13.2 Å². The lowest BCUT2D eigenvalue weighted by Gasteiger charge is -2.42. The van der Waals surface area contributed by atoms with Crippen LogP contribution < -0.4 is 0 Å². The summed E-state index contributed by atoms with van der Waals surface area (Å²) in [7, 11) is 1.37. The number of benzene rings is 2. The highest BCUT2D eigenvalue weighted by molar-refractivity contribution is 5.92. The van der Waals surface area contributed by atoms with Crippen LogP contribution in [-0.4, -0.2) is 24.4 Å². The second kappa shape index (κ2) is 4.44. The van der Waals surface area contributed by atoms with Crippen LogP contribution in [0.15, 0.2) is 48.5 Å². The average molecular weight is 293 g/mol. The third-order valence-electron chi connectivity index (χ3n) is 4.85. The lowest BCUT2D eigenvalue weighted by atomic mass is 9.79. The summed E-state index contributed by atoms with van der Waals surface area (Å²) in [5, 5.41) is 0. The molecule has 2 aromatic rings. The van der Waals surface area contributed by atoms with Crippen LogP contribution in [-0.2, 0) is 26.3 Å². The van der Waals surface area contributed by atoms with Gasteiger partial charge in [-0.1, -0.05) is 48.5 Å². The van der Waals surface area contributed by atoms with Crippen molar-refractivity contribution < 1.29 is 14.3 Å². The minimum absolute atomic E-state index is 0.123. The first-order valence-corrected chi connectivity index (χ1v) is 7.25. The van der Waals surface area contributed by atoms with E-state index in [1.165, 1.54) is 7.11 Å². The maximum Gasteiger partial charge on any atom is 0.341 e. The van der Waals surface area contributed by atoms with Crippen LogP contribution in [0.4, 0.5) is 0 Å². The molecule has 0 aromatic heterocycles. The Bertz CT molecular complexity index is 772. The summed E-state index contributed by atoms with van der Waals surface area (Å²) in [6.07, 6.45) is 1.49. The molecule has 2 aromatic carbocycles. The number of esters is 1. The molecular formula is C18H15NO3. The first-order chi connectivity index (χ1) is 10.7. The van der Waals surface area contributed by atoms with E-state index in [9.17, 15) is 9.59 Å².